The van der Waals surface area contributed by atoms with Crippen molar-refractivity contribution in [2.24, 2.45) is 0 Å². The number of anilines is 1. The lowest BCUT2D eigenvalue weighted by Crippen LogP contribution is -2.34. The number of likely N-dealkylation sites (N-methyl/N-ethyl adjacent to an activating group) is 1. The molecule has 2 aromatic carbocycles. The fourth-order valence-electron chi connectivity index (χ4n) is 3.55. The molecule has 7 heteroatoms. The molecule has 0 aromatic heterocycles. The van der Waals surface area contributed by atoms with Gasteiger partial charge >= 0.3 is 0 Å². The van der Waals surface area contributed by atoms with Crippen molar-refractivity contribution < 1.29 is 19.1 Å². The first-order chi connectivity index (χ1) is 14.0. The van der Waals surface area contributed by atoms with Gasteiger partial charge in [-0.05, 0) is 62.8 Å². The van der Waals surface area contributed by atoms with Gasteiger partial charge in [0.2, 0.25) is 6.79 Å². The second-order valence-electron chi connectivity index (χ2n) is 7.50. The first-order valence-corrected chi connectivity index (χ1v) is 9.81. The zero-order valence-corrected chi connectivity index (χ0v) is 16.7. The predicted octanol–water partition coefficient (Wildman–Crippen LogP) is 2.75. The number of fused-ring (bicyclic) bond motifs is 1. The maximum atomic E-state index is 13.0. The van der Waals surface area contributed by atoms with Crippen LogP contribution in [0, 0.1) is 6.92 Å². The number of nitrogens with zero attached hydrogens (tertiary/aromatic N) is 2. The van der Waals surface area contributed by atoms with Crippen LogP contribution in [0.25, 0.3) is 0 Å². The average molecular weight is 395 g/mol. The fraction of sp³-hybridized carbons (Fsp3) is 0.364. The Kier molecular flexibility index (Phi) is 5.40. The molecule has 0 unspecified atom stereocenters. The Bertz CT molecular complexity index is 944. The normalized spacial score (nSPS) is 16.4. The molecule has 1 N–H and O–H groups in total. The van der Waals surface area contributed by atoms with Gasteiger partial charge in [0.05, 0.1) is 0 Å². The van der Waals surface area contributed by atoms with Gasteiger partial charge in [0, 0.05) is 36.4 Å². The zero-order chi connectivity index (χ0) is 20.4. The Hall–Kier alpha value is -3.06. The SMILES string of the molecule is Cc1ccc(C(=O)N2CCCN(C)CC2)cc1NC(=O)c1ccc2c(c1)OCO2. The quantitative estimate of drug-likeness (QED) is 0.865. The summed E-state index contributed by atoms with van der Waals surface area (Å²) in [4.78, 5) is 29.8. The molecule has 2 amide bonds. The number of hydrogen-bond acceptors (Lipinski definition) is 5. The van der Waals surface area contributed by atoms with Crippen LogP contribution in [-0.4, -0.2) is 61.6 Å². The monoisotopic (exact) mass is 395 g/mol. The Balaban J connectivity index is 1.51. The third kappa shape index (κ3) is 4.19. The van der Waals surface area contributed by atoms with Crippen molar-refractivity contribution in [1.29, 1.82) is 0 Å². The minimum Gasteiger partial charge on any atom is -0.454 e. The largest absolute Gasteiger partial charge is 0.454 e. The highest BCUT2D eigenvalue weighted by Crippen LogP contribution is 2.32. The van der Waals surface area contributed by atoms with E-state index in [1.54, 1.807) is 24.3 Å². The van der Waals surface area contributed by atoms with Gasteiger partial charge in [0.1, 0.15) is 0 Å². The standard InChI is InChI=1S/C22H25N3O4/c1-15-4-5-17(22(27)25-9-3-8-24(2)10-11-25)12-18(15)23-21(26)16-6-7-19-20(13-16)29-14-28-19/h4-7,12-13H,3,8-11,14H2,1-2H3,(H,23,26). The van der Waals surface area contributed by atoms with Crippen LogP contribution in [0.1, 0.15) is 32.7 Å². The molecule has 0 radical (unpaired) electrons. The number of nitrogens with one attached hydrogen (secondary N) is 1. The van der Waals surface area contributed by atoms with E-state index in [0.29, 0.717) is 34.9 Å². The third-order valence-electron chi connectivity index (χ3n) is 5.37. The number of ether oxygens (including phenoxy) is 2. The third-order valence-corrected chi connectivity index (χ3v) is 5.37. The minimum atomic E-state index is -0.257. The second kappa shape index (κ2) is 8.13. The van der Waals surface area contributed by atoms with Gasteiger partial charge in [0.15, 0.2) is 11.5 Å². The van der Waals surface area contributed by atoms with Crippen LogP contribution >= 0.6 is 0 Å². The maximum absolute atomic E-state index is 13.0. The molecule has 1 fully saturated rings. The summed E-state index contributed by atoms with van der Waals surface area (Å²) in [5.41, 5.74) is 2.58. The molecule has 7 nitrogen and oxygen atoms in total. The lowest BCUT2D eigenvalue weighted by atomic mass is 10.1. The molecule has 2 heterocycles. The molecule has 29 heavy (non-hydrogen) atoms. The van der Waals surface area contributed by atoms with Crippen LogP contribution in [0.4, 0.5) is 5.69 Å². The minimum absolute atomic E-state index is 0.00104. The van der Waals surface area contributed by atoms with E-state index < -0.39 is 0 Å². The van der Waals surface area contributed by atoms with E-state index in [2.05, 4.69) is 17.3 Å². The second-order valence-corrected chi connectivity index (χ2v) is 7.50. The molecule has 0 aliphatic carbocycles. The number of amides is 2. The molecule has 4 rings (SSSR count). The Morgan fingerprint density at radius 1 is 0.931 bits per heavy atom. The number of benzene rings is 2. The lowest BCUT2D eigenvalue weighted by molar-refractivity contribution is 0.0762. The van der Waals surface area contributed by atoms with Crippen molar-refractivity contribution in [3.05, 3.63) is 53.1 Å². The molecule has 0 bridgehead atoms. The van der Waals surface area contributed by atoms with Gasteiger partial charge in [-0.1, -0.05) is 6.07 Å². The molecule has 152 valence electrons. The maximum Gasteiger partial charge on any atom is 0.255 e. The molecule has 0 spiro atoms. The summed E-state index contributed by atoms with van der Waals surface area (Å²) in [5, 5.41) is 2.92. The van der Waals surface area contributed by atoms with Gasteiger partial charge in [-0.25, -0.2) is 0 Å². The van der Waals surface area contributed by atoms with Gasteiger partial charge in [-0.2, -0.15) is 0 Å². The number of hydrogen-bond donors (Lipinski definition) is 1. The van der Waals surface area contributed by atoms with Crippen molar-refractivity contribution in [1.82, 2.24) is 9.80 Å². The van der Waals surface area contributed by atoms with Gasteiger partial charge in [0.25, 0.3) is 11.8 Å². The number of rotatable bonds is 3. The number of carbonyl (C=O) groups excluding carboxylic acids is 2. The van der Waals surface area contributed by atoms with E-state index in [-0.39, 0.29) is 18.6 Å². The number of carbonyl (C=O) groups is 2. The summed E-state index contributed by atoms with van der Waals surface area (Å²) in [6, 6.07) is 10.5. The van der Waals surface area contributed by atoms with Crippen molar-refractivity contribution in [2.45, 2.75) is 13.3 Å². The highest BCUT2D eigenvalue weighted by Gasteiger charge is 2.21. The van der Waals surface area contributed by atoms with E-state index in [1.165, 1.54) is 0 Å². The predicted molar refractivity (Wildman–Crippen MR) is 110 cm³/mol. The van der Waals surface area contributed by atoms with E-state index >= 15 is 0 Å². The summed E-state index contributed by atoms with van der Waals surface area (Å²) >= 11 is 0. The summed E-state index contributed by atoms with van der Waals surface area (Å²) in [7, 11) is 2.07. The summed E-state index contributed by atoms with van der Waals surface area (Å²) in [5.74, 6) is 0.934. The van der Waals surface area contributed by atoms with Crippen molar-refractivity contribution in [3.63, 3.8) is 0 Å². The fourth-order valence-corrected chi connectivity index (χ4v) is 3.55. The molecular formula is C22H25N3O4. The first kappa shape index (κ1) is 19.3. The van der Waals surface area contributed by atoms with E-state index in [9.17, 15) is 9.59 Å². The van der Waals surface area contributed by atoms with Crippen LogP contribution in [-0.2, 0) is 0 Å². The van der Waals surface area contributed by atoms with Gasteiger partial charge < -0.3 is 24.6 Å². The number of aryl methyl sites for hydroxylation is 1. The van der Waals surface area contributed by atoms with Crippen LogP contribution < -0.4 is 14.8 Å². The molecule has 1 saturated heterocycles. The van der Waals surface area contributed by atoms with Crippen LogP contribution in [0.15, 0.2) is 36.4 Å². The zero-order valence-electron chi connectivity index (χ0n) is 16.7. The van der Waals surface area contributed by atoms with Crippen molar-refractivity contribution in [2.75, 3.05) is 45.3 Å². The first-order valence-electron chi connectivity index (χ1n) is 9.81. The summed E-state index contributed by atoms with van der Waals surface area (Å²) in [6.07, 6.45) is 0.960. The van der Waals surface area contributed by atoms with E-state index in [1.807, 2.05) is 24.0 Å². The molecule has 0 saturated carbocycles. The van der Waals surface area contributed by atoms with Gasteiger partial charge in [-0.3, -0.25) is 9.59 Å². The lowest BCUT2D eigenvalue weighted by Gasteiger charge is -2.21. The molecule has 0 atom stereocenters. The van der Waals surface area contributed by atoms with E-state index in [0.717, 1.165) is 31.6 Å². The highest BCUT2D eigenvalue weighted by molar-refractivity contribution is 6.06. The van der Waals surface area contributed by atoms with Gasteiger partial charge in [-0.15, -0.1) is 0 Å². The molecule has 2 aliphatic rings. The average Bonchev–Trinajstić information content (AvgIpc) is 3.08. The molecular weight excluding hydrogens is 370 g/mol. The van der Waals surface area contributed by atoms with Crippen molar-refractivity contribution >= 4 is 17.5 Å². The Morgan fingerprint density at radius 3 is 2.59 bits per heavy atom. The van der Waals surface area contributed by atoms with Crippen LogP contribution in [0.5, 0.6) is 11.5 Å². The van der Waals surface area contributed by atoms with Crippen molar-refractivity contribution in [3.8, 4) is 11.5 Å². The van der Waals surface area contributed by atoms with E-state index in [4.69, 9.17) is 9.47 Å². The Labute approximate surface area is 170 Å². The molecule has 2 aromatic rings. The summed E-state index contributed by atoms with van der Waals surface area (Å²) in [6.45, 7) is 5.39. The van der Waals surface area contributed by atoms with Crippen LogP contribution in [0.3, 0.4) is 0 Å². The smallest absolute Gasteiger partial charge is 0.255 e. The highest BCUT2D eigenvalue weighted by atomic mass is 16.7. The van der Waals surface area contributed by atoms with Crippen LogP contribution in [0.2, 0.25) is 0 Å². The Morgan fingerprint density at radius 2 is 1.72 bits per heavy atom. The summed E-state index contributed by atoms with van der Waals surface area (Å²) < 4.78 is 10.6. The molecule has 2 aliphatic heterocycles. The topological polar surface area (TPSA) is 71.1 Å².